The summed E-state index contributed by atoms with van der Waals surface area (Å²) in [5, 5.41) is 8.14. The van der Waals surface area contributed by atoms with Gasteiger partial charge in [0.05, 0.1) is 11.8 Å². The first-order valence-electron chi connectivity index (χ1n) is 9.55. The first-order valence-corrected chi connectivity index (χ1v) is 9.93. The fourth-order valence-corrected chi connectivity index (χ4v) is 4.72. The second-order valence-corrected chi connectivity index (χ2v) is 8.32. The molecule has 1 fully saturated rings. The summed E-state index contributed by atoms with van der Waals surface area (Å²) in [6.45, 7) is 2.34. The van der Waals surface area contributed by atoms with Crippen LogP contribution in [-0.2, 0) is 0 Å². The molecule has 3 aliphatic rings. The molecule has 0 unspecified atom stereocenters. The lowest BCUT2D eigenvalue weighted by Gasteiger charge is -2.50. The topological polar surface area (TPSA) is 24.8 Å². The second kappa shape index (κ2) is 6.02. The average Bonchev–Trinajstić information content (AvgIpc) is 3.12. The number of hydrogen-bond donors (Lipinski definition) is 0. The number of ether oxygens (including phenoxy) is 1. The van der Waals surface area contributed by atoms with Gasteiger partial charge in [-0.25, -0.2) is 5.01 Å². The molecule has 2 aromatic rings. The third kappa shape index (κ3) is 2.52. The SMILES string of the molecule is CC1CCC2(CC1)Oc1ccccc1[C@@H]1CC(c3ccc(Cl)cc3)=NN12. The minimum absolute atomic E-state index is 0.263. The molecule has 0 saturated heterocycles. The van der Waals surface area contributed by atoms with E-state index in [1.807, 2.05) is 12.1 Å². The zero-order valence-electron chi connectivity index (χ0n) is 15.0. The van der Waals surface area contributed by atoms with Gasteiger partial charge in [0.25, 0.3) is 0 Å². The summed E-state index contributed by atoms with van der Waals surface area (Å²) in [5.41, 5.74) is 3.25. The van der Waals surface area contributed by atoms with Gasteiger partial charge in [-0.1, -0.05) is 48.9 Å². The van der Waals surface area contributed by atoms with Gasteiger partial charge in [-0.3, -0.25) is 0 Å². The molecule has 1 atom stereocenters. The van der Waals surface area contributed by atoms with Crippen LogP contribution in [0.3, 0.4) is 0 Å². The summed E-state index contributed by atoms with van der Waals surface area (Å²) in [6.07, 6.45) is 5.38. The highest BCUT2D eigenvalue weighted by Gasteiger charge is 2.51. The lowest BCUT2D eigenvalue weighted by molar-refractivity contribution is -0.145. The van der Waals surface area contributed by atoms with Crippen molar-refractivity contribution >= 4 is 17.3 Å². The molecule has 0 aromatic heterocycles. The number of para-hydroxylation sites is 1. The predicted molar refractivity (Wildman–Crippen MR) is 105 cm³/mol. The quantitative estimate of drug-likeness (QED) is 0.638. The molecular weight excluding hydrogens is 344 g/mol. The van der Waals surface area contributed by atoms with Gasteiger partial charge in [0.1, 0.15) is 5.75 Å². The number of nitrogens with zero attached hydrogens (tertiary/aromatic N) is 2. The van der Waals surface area contributed by atoms with Crippen LogP contribution in [0.2, 0.25) is 5.02 Å². The van der Waals surface area contributed by atoms with Crippen molar-refractivity contribution in [2.24, 2.45) is 11.0 Å². The zero-order valence-corrected chi connectivity index (χ0v) is 15.7. The second-order valence-electron chi connectivity index (χ2n) is 7.89. The molecule has 26 heavy (non-hydrogen) atoms. The van der Waals surface area contributed by atoms with Gasteiger partial charge in [-0.15, -0.1) is 0 Å². The summed E-state index contributed by atoms with van der Waals surface area (Å²) in [6, 6.07) is 16.8. The van der Waals surface area contributed by atoms with Crippen LogP contribution in [0.5, 0.6) is 5.75 Å². The van der Waals surface area contributed by atoms with E-state index in [1.165, 1.54) is 18.4 Å². The van der Waals surface area contributed by atoms with E-state index in [-0.39, 0.29) is 11.8 Å². The fraction of sp³-hybridized carbons (Fsp3) is 0.409. The van der Waals surface area contributed by atoms with E-state index in [1.54, 1.807) is 0 Å². The molecule has 2 aliphatic heterocycles. The van der Waals surface area contributed by atoms with E-state index in [9.17, 15) is 0 Å². The molecule has 134 valence electrons. The first-order chi connectivity index (χ1) is 12.6. The van der Waals surface area contributed by atoms with Gasteiger partial charge in [0, 0.05) is 29.8 Å². The van der Waals surface area contributed by atoms with Crippen molar-refractivity contribution in [3.63, 3.8) is 0 Å². The number of rotatable bonds is 1. The average molecular weight is 367 g/mol. The standard InChI is InChI=1S/C22H23ClN2O/c1-15-10-12-22(13-11-15)25-20(18-4-2-3-5-21(18)26-22)14-19(24-25)16-6-8-17(23)9-7-16/h2-9,15,20H,10-14H2,1H3/t15?,20-,22?/m0/s1. The minimum Gasteiger partial charge on any atom is -0.466 e. The van der Waals surface area contributed by atoms with Crippen LogP contribution in [0.4, 0.5) is 0 Å². The van der Waals surface area contributed by atoms with E-state index in [4.69, 9.17) is 21.4 Å². The Bertz CT molecular complexity index is 853. The van der Waals surface area contributed by atoms with Crippen molar-refractivity contribution in [2.75, 3.05) is 0 Å². The Balaban J connectivity index is 1.57. The van der Waals surface area contributed by atoms with Crippen molar-refractivity contribution in [3.05, 3.63) is 64.7 Å². The number of hydrazone groups is 1. The predicted octanol–water partition coefficient (Wildman–Crippen LogP) is 5.79. The van der Waals surface area contributed by atoms with Gasteiger partial charge in [-0.05, 0) is 42.5 Å². The molecule has 3 nitrogen and oxygen atoms in total. The first kappa shape index (κ1) is 16.2. The van der Waals surface area contributed by atoms with Crippen LogP contribution < -0.4 is 4.74 Å². The molecule has 2 heterocycles. The van der Waals surface area contributed by atoms with Crippen LogP contribution >= 0.6 is 11.6 Å². The maximum Gasteiger partial charge on any atom is 0.198 e. The van der Waals surface area contributed by atoms with Crippen LogP contribution in [0.1, 0.15) is 56.2 Å². The molecule has 1 aliphatic carbocycles. The normalized spacial score (nSPS) is 29.8. The molecule has 0 bridgehead atoms. The Morgan fingerprint density at radius 2 is 1.81 bits per heavy atom. The van der Waals surface area contributed by atoms with Crippen LogP contribution in [0.15, 0.2) is 53.6 Å². The third-order valence-electron chi connectivity index (χ3n) is 6.14. The highest BCUT2D eigenvalue weighted by molar-refractivity contribution is 6.30. The van der Waals surface area contributed by atoms with Crippen molar-refractivity contribution in [1.82, 2.24) is 5.01 Å². The Labute approximate surface area is 159 Å². The fourth-order valence-electron chi connectivity index (χ4n) is 4.59. The summed E-state index contributed by atoms with van der Waals surface area (Å²) in [7, 11) is 0. The van der Waals surface area contributed by atoms with E-state index >= 15 is 0 Å². The van der Waals surface area contributed by atoms with Crippen molar-refractivity contribution < 1.29 is 4.74 Å². The van der Waals surface area contributed by atoms with Gasteiger partial charge < -0.3 is 4.74 Å². The van der Waals surface area contributed by atoms with E-state index < -0.39 is 0 Å². The lowest BCUT2D eigenvalue weighted by Crippen LogP contribution is -2.55. The summed E-state index contributed by atoms with van der Waals surface area (Å²) < 4.78 is 6.62. The highest BCUT2D eigenvalue weighted by atomic mass is 35.5. The maximum absolute atomic E-state index is 6.62. The largest absolute Gasteiger partial charge is 0.466 e. The van der Waals surface area contributed by atoms with Crippen molar-refractivity contribution in [1.29, 1.82) is 0 Å². The number of benzene rings is 2. The van der Waals surface area contributed by atoms with Gasteiger partial charge >= 0.3 is 0 Å². The van der Waals surface area contributed by atoms with Crippen molar-refractivity contribution in [2.45, 2.75) is 50.8 Å². The molecule has 1 spiro atoms. The zero-order chi connectivity index (χ0) is 17.7. The van der Waals surface area contributed by atoms with Gasteiger partial charge in [0.2, 0.25) is 0 Å². The summed E-state index contributed by atoms with van der Waals surface area (Å²) >= 11 is 6.07. The number of hydrogen-bond acceptors (Lipinski definition) is 3. The molecule has 4 heteroatoms. The molecule has 0 N–H and O–H groups in total. The van der Waals surface area contributed by atoms with E-state index in [0.29, 0.717) is 0 Å². The molecule has 0 radical (unpaired) electrons. The van der Waals surface area contributed by atoms with Gasteiger partial charge in [-0.2, -0.15) is 5.10 Å². The Morgan fingerprint density at radius 1 is 1.08 bits per heavy atom. The third-order valence-corrected chi connectivity index (χ3v) is 6.39. The molecule has 1 saturated carbocycles. The summed E-state index contributed by atoms with van der Waals surface area (Å²) in [5.74, 6) is 1.80. The van der Waals surface area contributed by atoms with Crippen LogP contribution in [0, 0.1) is 5.92 Å². The van der Waals surface area contributed by atoms with E-state index in [0.717, 1.165) is 47.2 Å². The molecule has 5 rings (SSSR count). The smallest absolute Gasteiger partial charge is 0.198 e. The number of fused-ring (bicyclic) bond motifs is 4. The Hall–Kier alpha value is -2.00. The highest BCUT2D eigenvalue weighted by Crippen LogP contribution is 2.51. The maximum atomic E-state index is 6.62. The van der Waals surface area contributed by atoms with Crippen LogP contribution in [-0.4, -0.2) is 16.4 Å². The minimum atomic E-state index is -0.292. The monoisotopic (exact) mass is 366 g/mol. The summed E-state index contributed by atoms with van der Waals surface area (Å²) in [4.78, 5) is 0. The van der Waals surface area contributed by atoms with E-state index in [2.05, 4.69) is 48.3 Å². The molecular formula is C22H23ClN2O. The Kier molecular flexibility index (Phi) is 3.75. The van der Waals surface area contributed by atoms with Crippen LogP contribution in [0.25, 0.3) is 0 Å². The Morgan fingerprint density at radius 3 is 2.58 bits per heavy atom. The molecule has 0 amide bonds. The van der Waals surface area contributed by atoms with Crippen molar-refractivity contribution in [3.8, 4) is 5.75 Å². The number of halogens is 1. The molecule has 2 aromatic carbocycles. The lowest BCUT2D eigenvalue weighted by atomic mass is 9.82. The van der Waals surface area contributed by atoms with Gasteiger partial charge in [0.15, 0.2) is 5.72 Å².